The number of fused-ring (bicyclic) bond motifs is 1. The van der Waals surface area contributed by atoms with Crippen molar-refractivity contribution in [2.45, 2.75) is 6.92 Å². The Morgan fingerprint density at radius 2 is 2.07 bits per heavy atom. The molecule has 7 nitrogen and oxygen atoms in total. The number of aryl methyl sites for hydroxylation is 1. The summed E-state index contributed by atoms with van der Waals surface area (Å²) in [5.41, 5.74) is 2.95. The molecule has 3 N–H and O–H groups in total. The topological polar surface area (TPSA) is 91.5 Å². The molecule has 1 amide bonds. The van der Waals surface area contributed by atoms with Gasteiger partial charge in [0.2, 0.25) is 0 Å². The molecule has 4 rings (SSSR count). The lowest BCUT2D eigenvalue weighted by Gasteiger charge is -2.12. The number of nitrogens with one attached hydrogen (secondary N) is 2. The molecule has 0 unspecified atom stereocenters. The summed E-state index contributed by atoms with van der Waals surface area (Å²) in [4.78, 5) is 17.4. The number of amides is 1. The maximum absolute atomic E-state index is 12.0. The molecule has 142 valence electrons. The fourth-order valence-corrected chi connectivity index (χ4v) is 3.53. The largest absolute Gasteiger partial charge is 0.507 e. The summed E-state index contributed by atoms with van der Waals surface area (Å²) >= 11 is 1.41. The summed E-state index contributed by atoms with van der Waals surface area (Å²) in [5, 5.41) is 22.6. The smallest absolute Gasteiger partial charge is 0.261 e. The van der Waals surface area contributed by atoms with Crippen LogP contribution in [0, 0.1) is 6.92 Å². The molecule has 0 radical (unpaired) electrons. The fourth-order valence-electron chi connectivity index (χ4n) is 2.89. The quantitative estimate of drug-likeness (QED) is 0.437. The molecule has 3 aromatic heterocycles. The highest BCUT2D eigenvalue weighted by molar-refractivity contribution is 7.12. The van der Waals surface area contributed by atoms with Gasteiger partial charge in [-0.3, -0.25) is 4.79 Å². The lowest BCUT2D eigenvalue weighted by molar-refractivity contribution is 0.0959. The third kappa shape index (κ3) is 3.54. The van der Waals surface area contributed by atoms with Gasteiger partial charge >= 0.3 is 0 Å². The van der Waals surface area contributed by atoms with Crippen LogP contribution in [-0.2, 0) is 0 Å². The van der Waals surface area contributed by atoms with E-state index in [0.717, 1.165) is 11.4 Å². The summed E-state index contributed by atoms with van der Waals surface area (Å²) < 4.78 is 1.72. The highest BCUT2D eigenvalue weighted by Crippen LogP contribution is 2.29. The van der Waals surface area contributed by atoms with E-state index in [1.807, 2.05) is 36.6 Å². The first-order valence-corrected chi connectivity index (χ1v) is 9.71. The van der Waals surface area contributed by atoms with E-state index in [-0.39, 0.29) is 11.7 Å². The predicted octanol–water partition coefficient (Wildman–Crippen LogP) is 3.31. The summed E-state index contributed by atoms with van der Waals surface area (Å²) in [6.07, 6.45) is 1.75. The van der Waals surface area contributed by atoms with Crippen molar-refractivity contribution >= 4 is 28.7 Å². The van der Waals surface area contributed by atoms with Crippen LogP contribution in [0.4, 0.5) is 5.82 Å². The average molecular weight is 393 g/mol. The number of para-hydroxylation sites is 1. The van der Waals surface area contributed by atoms with Crippen molar-refractivity contribution < 1.29 is 9.90 Å². The van der Waals surface area contributed by atoms with Gasteiger partial charge in [-0.25, -0.2) is 4.98 Å². The molecule has 8 heteroatoms. The monoisotopic (exact) mass is 393 g/mol. The van der Waals surface area contributed by atoms with E-state index in [1.54, 1.807) is 28.9 Å². The standard InChI is InChI=1S/C20H19N5O2S/c1-13-12-23-25-18(21-8-9-22-20(27)17-7-4-10-28-17)11-15(24-19(13)25)14-5-2-3-6-16(14)26/h2-7,10-12,21,26H,8-9H2,1H3,(H,22,27). The molecule has 0 fully saturated rings. The molecule has 0 aliphatic heterocycles. The third-order valence-electron chi connectivity index (χ3n) is 4.29. The number of carbonyl (C=O) groups is 1. The van der Waals surface area contributed by atoms with Gasteiger partial charge in [-0.1, -0.05) is 18.2 Å². The van der Waals surface area contributed by atoms with Gasteiger partial charge in [0.25, 0.3) is 5.91 Å². The van der Waals surface area contributed by atoms with E-state index in [9.17, 15) is 9.90 Å². The van der Waals surface area contributed by atoms with Crippen molar-refractivity contribution in [3.8, 4) is 17.0 Å². The average Bonchev–Trinajstić information content (AvgIpc) is 3.36. The van der Waals surface area contributed by atoms with Crippen LogP contribution in [0.3, 0.4) is 0 Å². The normalized spacial score (nSPS) is 10.9. The molecule has 4 aromatic rings. The highest BCUT2D eigenvalue weighted by Gasteiger charge is 2.13. The molecular formula is C20H19N5O2S. The van der Waals surface area contributed by atoms with Crippen molar-refractivity contribution in [3.63, 3.8) is 0 Å². The number of thiophene rings is 1. The van der Waals surface area contributed by atoms with Crippen LogP contribution < -0.4 is 10.6 Å². The summed E-state index contributed by atoms with van der Waals surface area (Å²) in [6, 6.07) is 12.6. The van der Waals surface area contributed by atoms with E-state index in [4.69, 9.17) is 0 Å². The second kappa shape index (κ2) is 7.69. The summed E-state index contributed by atoms with van der Waals surface area (Å²) in [5.74, 6) is 0.828. The number of benzene rings is 1. The second-order valence-electron chi connectivity index (χ2n) is 6.27. The number of hydrogen-bond donors (Lipinski definition) is 3. The van der Waals surface area contributed by atoms with Crippen molar-refractivity contribution in [1.29, 1.82) is 0 Å². The second-order valence-corrected chi connectivity index (χ2v) is 7.21. The van der Waals surface area contributed by atoms with E-state index in [1.165, 1.54) is 11.3 Å². The van der Waals surface area contributed by atoms with Gasteiger partial charge in [0.05, 0.1) is 16.8 Å². The van der Waals surface area contributed by atoms with Crippen LogP contribution in [0.15, 0.2) is 54.0 Å². The lowest BCUT2D eigenvalue weighted by atomic mass is 10.1. The lowest BCUT2D eigenvalue weighted by Crippen LogP contribution is -2.28. The van der Waals surface area contributed by atoms with E-state index < -0.39 is 0 Å². The molecule has 0 saturated carbocycles. The Morgan fingerprint density at radius 3 is 2.86 bits per heavy atom. The Hall–Kier alpha value is -3.39. The zero-order valence-electron chi connectivity index (χ0n) is 15.2. The molecule has 0 spiro atoms. The molecule has 0 saturated heterocycles. The van der Waals surface area contributed by atoms with Gasteiger partial charge in [-0.2, -0.15) is 9.61 Å². The molecule has 0 bridgehead atoms. The molecular weight excluding hydrogens is 374 g/mol. The summed E-state index contributed by atoms with van der Waals surface area (Å²) in [6.45, 7) is 2.93. The van der Waals surface area contributed by atoms with Crippen LogP contribution in [0.1, 0.15) is 15.2 Å². The third-order valence-corrected chi connectivity index (χ3v) is 5.16. The van der Waals surface area contributed by atoms with Gasteiger partial charge in [0.1, 0.15) is 11.6 Å². The molecule has 0 aliphatic rings. The minimum absolute atomic E-state index is 0.0819. The van der Waals surface area contributed by atoms with Crippen molar-refractivity contribution in [2.24, 2.45) is 0 Å². The first-order chi connectivity index (χ1) is 13.6. The van der Waals surface area contributed by atoms with Gasteiger partial charge in [0, 0.05) is 30.3 Å². The number of phenolic OH excluding ortho intramolecular Hbond substituents is 1. The molecule has 0 aliphatic carbocycles. The van der Waals surface area contributed by atoms with Gasteiger partial charge in [0.15, 0.2) is 5.65 Å². The van der Waals surface area contributed by atoms with Gasteiger partial charge in [-0.15, -0.1) is 11.3 Å². The first kappa shape index (κ1) is 18.0. The van der Waals surface area contributed by atoms with Crippen LogP contribution in [-0.4, -0.2) is 38.7 Å². The van der Waals surface area contributed by atoms with Crippen LogP contribution in [0.25, 0.3) is 16.9 Å². The minimum Gasteiger partial charge on any atom is -0.507 e. The van der Waals surface area contributed by atoms with Crippen molar-refractivity contribution in [1.82, 2.24) is 19.9 Å². The molecule has 1 aromatic carbocycles. The fraction of sp³-hybridized carbons (Fsp3) is 0.150. The van der Waals surface area contributed by atoms with Crippen molar-refractivity contribution in [2.75, 3.05) is 18.4 Å². The number of aromatic hydroxyl groups is 1. The van der Waals surface area contributed by atoms with Crippen LogP contribution in [0.2, 0.25) is 0 Å². The zero-order valence-corrected chi connectivity index (χ0v) is 16.0. The molecule has 28 heavy (non-hydrogen) atoms. The Morgan fingerprint density at radius 1 is 1.21 bits per heavy atom. The number of phenols is 1. The van der Waals surface area contributed by atoms with Crippen LogP contribution >= 0.6 is 11.3 Å². The highest BCUT2D eigenvalue weighted by atomic mass is 32.1. The number of hydrogen-bond acceptors (Lipinski definition) is 6. The zero-order chi connectivity index (χ0) is 19.5. The Labute approximate surface area is 165 Å². The maximum atomic E-state index is 12.0. The van der Waals surface area contributed by atoms with E-state index >= 15 is 0 Å². The Bertz CT molecular complexity index is 1120. The number of nitrogens with zero attached hydrogens (tertiary/aromatic N) is 3. The number of rotatable bonds is 6. The Kier molecular flexibility index (Phi) is 4.94. The SMILES string of the molecule is Cc1cnn2c(NCCNC(=O)c3cccs3)cc(-c3ccccc3O)nc12. The molecule has 3 heterocycles. The van der Waals surface area contributed by atoms with E-state index in [0.29, 0.717) is 34.9 Å². The minimum atomic E-state index is -0.0819. The maximum Gasteiger partial charge on any atom is 0.261 e. The number of carbonyl (C=O) groups excluding carboxylic acids is 1. The van der Waals surface area contributed by atoms with Crippen LogP contribution in [0.5, 0.6) is 5.75 Å². The number of aromatic nitrogens is 3. The Balaban J connectivity index is 1.54. The predicted molar refractivity (Wildman–Crippen MR) is 110 cm³/mol. The van der Waals surface area contributed by atoms with E-state index in [2.05, 4.69) is 20.7 Å². The first-order valence-electron chi connectivity index (χ1n) is 8.83. The number of anilines is 1. The molecule has 0 atom stereocenters. The van der Waals surface area contributed by atoms with Crippen molar-refractivity contribution in [3.05, 3.63) is 64.5 Å². The van der Waals surface area contributed by atoms with Gasteiger partial charge in [-0.05, 0) is 30.5 Å². The van der Waals surface area contributed by atoms with Gasteiger partial charge < -0.3 is 15.7 Å². The summed E-state index contributed by atoms with van der Waals surface area (Å²) in [7, 11) is 0.